The number of aliphatic hydroxyl groups excluding tert-OH is 2. The van der Waals surface area contributed by atoms with Crippen molar-refractivity contribution < 1.29 is 19.1 Å². The second-order valence-corrected chi connectivity index (χ2v) is 12.4. The molecule has 0 saturated carbocycles. The van der Waals surface area contributed by atoms with E-state index < -0.39 is 19.0 Å². The summed E-state index contributed by atoms with van der Waals surface area (Å²) in [5.41, 5.74) is 0. The van der Waals surface area contributed by atoms with Crippen LogP contribution < -0.4 is 5.32 Å². The van der Waals surface area contributed by atoms with E-state index in [1.807, 2.05) is 0 Å². The Morgan fingerprint density at radius 1 is 0.575 bits per heavy atom. The molecule has 40 heavy (non-hydrogen) atoms. The smallest absolute Gasteiger partial charge is 0.220 e. The molecule has 2 atom stereocenters. The molecule has 0 aliphatic rings. The SMILES string of the molecule is [2H]C([2H])([2H])CCCCCCCCCCCCCCCCC(=O)N[C@@H](CO)[C@H](O)CCCCCCCCCCCCCCC. The fraction of sp³-hybridized carbons (Fsp3) is 0.972. The van der Waals surface area contributed by atoms with E-state index >= 15 is 0 Å². The van der Waals surface area contributed by atoms with E-state index in [0.717, 1.165) is 51.4 Å². The number of hydrogen-bond acceptors (Lipinski definition) is 3. The number of amides is 1. The monoisotopic (exact) mass is 571 g/mol. The topological polar surface area (TPSA) is 69.6 Å². The van der Waals surface area contributed by atoms with Gasteiger partial charge >= 0.3 is 0 Å². The molecule has 0 unspecified atom stereocenters. The lowest BCUT2D eigenvalue weighted by molar-refractivity contribution is -0.123. The summed E-state index contributed by atoms with van der Waals surface area (Å²) in [5, 5.41) is 23.0. The third-order valence-corrected chi connectivity index (χ3v) is 8.44. The first kappa shape index (κ1) is 33.9. The van der Waals surface area contributed by atoms with Crippen molar-refractivity contribution in [3.8, 4) is 0 Å². The van der Waals surface area contributed by atoms with Crippen LogP contribution in [0.3, 0.4) is 0 Å². The van der Waals surface area contributed by atoms with E-state index in [-0.39, 0.29) is 12.5 Å². The van der Waals surface area contributed by atoms with Gasteiger partial charge in [0.1, 0.15) is 0 Å². The predicted octanol–water partition coefficient (Wildman–Crippen LogP) is 10.6. The molecule has 4 heteroatoms. The van der Waals surface area contributed by atoms with Crippen LogP contribution in [0.1, 0.15) is 211 Å². The summed E-state index contributed by atoms with van der Waals surface area (Å²) in [6.45, 7) is 0.298. The molecule has 0 aromatic carbocycles. The highest BCUT2D eigenvalue weighted by Gasteiger charge is 2.19. The van der Waals surface area contributed by atoms with Crippen molar-refractivity contribution in [3.63, 3.8) is 0 Å². The second kappa shape index (κ2) is 32.9. The number of aliphatic hydroxyl groups is 2. The molecule has 3 N–H and O–H groups in total. The molecule has 0 aromatic heterocycles. The third-order valence-electron chi connectivity index (χ3n) is 8.44. The number of rotatable bonds is 33. The molecule has 0 saturated heterocycles. The summed E-state index contributed by atoms with van der Waals surface area (Å²) >= 11 is 0. The molecular weight excluding hydrogens is 494 g/mol. The fourth-order valence-electron chi connectivity index (χ4n) is 5.65. The van der Waals surface area contributed by atoms with E-state index in [0.29, 0.717) is 19.3 Å². The number of hydrogen-bond donors (Lipinski definition) is 3. The Morgan fingerprint density at radius 2 is 0.925 bits per heavy atom. The summed E-state index contributed by atoms with van der Waals surface area (Å²) in [7, 11) is 0. The Kier molecular flexibility index (Phi) is 27.9. The maximum Gasteiger partial charge on any atom is 0.220 e. The number of nitrogens with one attached hydrogen (secondary N) is 1. The van der Waals surface area contributed by atoms with Gasteiger partial charge in [-0.2, -0.15) is 0 Å². The lowest BCUT2D eigenvalue weighted by Gasteiger charge is -2.22. The Labute approximate surface area is 255 Å². The van der Waals surface area contributed by atoms with Crippen LogP contribution in [0, 0.1) is 0 Å². The number of carbonyl (C=O) groups excluding carboxylic acids is 1. The molecule has 0 spiro atoms. The Morgan fingerprint density at radius 3 is 1.30 bits per heavy atom. The first-order valence-electron chi connectivity index (χ1n) is 19.4. The number of carbonyl (C=O) groups is 1. The zero-order valence-corrected chi connectivity index (χ0v) is 26.9. The lowest BCUT2D eigenvalue weighted by Crippen LogP contribution is -2.45. The highest BCUT2D eigenvalue weighted by molar-refractivity contribution is 5.76. The molecule has 4 nitrogen and oxygen atoms in total. The molecular formula is C36H73NO3. The van der Waals surface area contributed by atoms with Gasteiger partial charge in [-0.05, 0) is 12.8 Å². The molecule has 0 bridgehead atoms. The van der Waals surface area contributed by atoms with Crippen LogP contribution in [0.25, 0.3) is 0 Å². The van der Waals surface area contributed by atoms with Crippen LogP contribution in [-0.2, 0) is 4.79 Å². The van der Waals surface area contributed by atoms with Crippen LogP contribution in [0.2, 0.25) is 0 Å². The molecule has 0 aliphatic carbocycles. The summed E-state index contributed by atoms with van der Waals surface area (Å²) in [4.78, 5) is 12.3. The van der Waals surface area contributed by atoms with Gasteiger partial charge < -0.3 is 15.5 Å². The average molecular weight is 571 g/mol. The molecule has 0 aromatic rings. The maximum absolute atomic E-state index is 12.3. The predicted molar refractivity (Wildman–Crippen MR) is 175 cm³/mol. The average Bonchev–Trinajstić information content (AvgIpc) is 2.97. The minimum absolute atomic E-state index is 0.0549. The van der Waals surface area contributed by atoms with Crippen LogP contribution in [0.5, 0.6) is 0 Å². The van der Waals surface area contributed by atoms with E-state index in [9.17, 15) is 15.0 Å². The highest BCUT2D eigenvalue weighted by Crippen LogP contribution is 2.15. The van der Waals surface area contributed by atoms with Gasteiger partial charge in [0.15, 0.2) is 0 Å². The second-order valence-electron chi connectivity index (χ2n) is 12.4. The Hall–Kier alpha value is -0.610. The van der Waals surface area contributed by atoms with Crippen molar-refractivity contribution in [1.82, 2.24) is 5.32 Å². The van der Waals surface area contributed by atoms with E-state index in [1.54, 1.807) is 0 Å². The number of unbranched alkanes of at least 4 members (excludes halogenated alkanes) is 25. The normalized spacial score (nSPS) is 14.4. The van der Waals surface area contributed by atoms with Crippen LogP contribution in [-0.4, -0.2) is 34.9 Å². The third kappa shape index (κ3) is 28.9. The minimum Gasteiger partial charge on any atom is -0.394 e. The van der Waals surface area contributed by atoms with Gasteiger partial charge in [0.05, 0.1) is 18.8 Å². The van der Waals surface area contributed by atoms with Gasteiger partial charge in [0.2, 0.25) is 5.91 Å². The molecule has 0 heterocycles. The summed E-state index contributed by atoms with van der Waals surface area (Å²) in [6, 6.07) is -0.550. The van der Waals surface area contributed by atoms with E-state index in [1.165, 1.54) is 122 Å². The highest BCUT2D eigenvalue weighted by atomic mass is 16.3. The molecule has 0 fully saturated rings. The Balaban J connectivity index is 3.52. The zero-order chi connectivity index (χ0) is 31.9. The van der Waals surface area contributed by atoms with Gasteiger partial charge in [0, 0.05) is 10.5 Å². The van der Waals surface area contributed by atoms with Crippen molar-refractivity contribution in [3.05, 3.63) is 0 Å². The van der Waals surface area contributed by atoms with Crippen molar-refractivity contribution in [2.45, 2.75) is 219 Å². The minimum atomic E-state index is -1.76. The first-order valence-corrected chi connectivity index (χ1v) is 17.9. The first-order chi connectivity index (χ1) is 20.8. The van der Waals surface area contributed by atoms with Crippen molar-refractivity contribution in [1.29, 1.82) is 0 Å². The summed E-state index contributed by atoms with van der Waals surface area (Å²) < 4.78 is 21.7. The molecule has 0 radical (unpaired) electrons. The molecule has 240 valence electrons. The van der Waals surface area contributed by atoms with Crippen LogP contribution in [0.15, 0.2) is 0 Å². The van der Waals surface area contributed by atoms with E-state index in [2.05, 4.69) is 12.2 Å². The van der Waals surface area contributed by atoms with Crippen LogP contribution in [0.4, 0.5) is 0 Å². The van der Waals surface area contributed by atoms with E-state index in [4.69, 9.17) is 4.11 Å². The molecule has 1 amide bonds. The summed E-state index contributed by atoms with van der Waals surface area (Å²) in [6.07, 6.45) is 33.9. The molecule has 0 aliphatic heterocycles. The molecule has 0 rings (SSSR count). The maximum atomic E-state index is 12.3. The van der Waals surface area contributed by atoms with Crippen molar-refractivity contribution in [2.24, 2.45) is 0 Å². The van der Waals surface area contributed by atoms with Gasteiger partial charge in [0.25, 0.3) is 0 Å². The quantitative estimate of drug-likeness (QED) is 0.0687. The lowest BCUT2D eigenvalue weighted by atomic mass is 10.0. The standard InChI is InChI=1S/C36H73NO3/c1-3-5-7-9-11-13-15-17-18-20-22-24-26-28-30-32-36(40)37-34(33-38)35(39)31-29-27-25-23-21-19-16-14-12-10-8-6-4-2/h34-35,38-39H,3-33H2,1-2H3,(H,37,40)/t34-,35+/m0/s1/i1D3. The van der Waals surface area contributed by atoms with Gasteiger partial charge in [-0.1, -0.05) is 187 Å². The van der Waals surface area contributed by atoms with Gasteiger partial charge in [-0.15, -0.1) is 0 Å². The van der Waals surface area contributed by atoms with Gasteiger partial charge in [-0.25, -0.2) is 0 Å². The van der Waals surface area contributed by atoms with Crippen LogP contribution >= 0.6 is 0 Å². The summed E-state index contributed by atoms with van der Waals surface area (Å²) in [5.74, 6) is -0.0549. The van der Waals surface area contributed by atoms with Gasteiger partial charge in [-0.3, -0.25) is 4.79 Å². The largest absolute Gasteiger partial charge is 0.394 e. The van der Waals surface area contributed by atoms with Crippen molar-refractivity contribution in [2.75, 3.05) is 6.61 Å². The van der Waals surface area contributed by atoms with Crippen molar-refractivity contribution >= 4 is 5.91 Å². The Bertz CT molecular complexity index is 589. The zero-order valence-electron chi connectivity index (χ0n) is 29.9. The fourth-order valence-corrected chi connectivity index (χ4v) is 5.65.